The minimum absolute atomic E-state index is 0.198. The molecule has 0 aliphatic carbocycles. The molecule has 2 atom stereocenters. The zero-order chi connectivity index (χ0) is 19.4. The van der Waals surface area contributed by atoms with Crippen LogP contribution in [-0.2, 0) is 9.53 Å². The number of amides is 2. The Labute approximate surface area is 158 Å². The molecule has 0 saturated carbocycles. The van der Waals surface area contributed by atoms with Gasteiger partial charge in [0.05, 0.1) is 6.61 Å². The van der Waals surface area contributed by atoms with Crippen LogP contribution in [0.4, 0.5) is 4.79 Å². The van der Waals surface area contributed by atoms with Gasteiger partial charge in [0.2, 0.25) is 0 Å². The van der Waals surface area contributed by atoms with Crippen molar-refractivity contribution >= 4 is 22.8 Å². The van der Waals surface area contributed by atoms with E-state index in [1.807, 2.05) is 38.1 Å². The number of rotatable bonds is 5. The molecule has 27 heavy (non-hydrogen) atoms. The summed E-state index contributed by atoms with van der Waals surface area (Å²) in [6.45, 7) is 4.59. The Morgan fingerprint density at radius 3 is 2.85 bits per heavy atom. The normalized spacial score (nSPS) is 19.9. The summed E-state index contributed by atoms with van der Waals surface area (Å²) in [5.74, 6) is 0.514. The molecule has 2 heterocycles. The molecule has 7 nitrogen and oxygen atoms in total. The molecule has 2 aromatic rings. The molecular weight excluding hydrogens is 346 g/mol. The van der Waals surface area contributed by atoms with Crippen molar-refractivity contribution in [2.24, 2.45) is 11.7 Å². The third-order valence-corrected chi connectivity index (χ3v) is 4.58. The zero-order valence-corrected chi connectivity index (χ0v) is 15.6. The monoisotopic (exact) mass is 371 g/mol. The smallest absolute Gasteiger partial charge is 0.329 e. The Morgan fingerprint density at radius 1 is 1.30 bits per heavy atom. The van der Waals surface area contributed by atoms with Crippen LogP contribution < -0.4 is 10.5 Å². The number of piperidine rings is 1. The maximum atomic E-state index is 12.5. The van der Waals surface area contributed by atoms with Gasteiger partial charge in [-0.2, -0.15) is 0 Å². The number of nitrogens with two attached hydrogens (primary N) is 1. The van der Waals surface area contributed by atoms with Crippen molar-refractivity contribution < 1.29 is 19.1 Å². The average molecular weight is 371 g/mol. The molecule has 0 unspecified atom stereocenters. The van der Waals surface area contributed by atoms with Crippen LogP contribution in [0.25, 0.3) is 10.8 Å². The molecule has 1 aliphatic heterocycles. The van der Waals surface area contributed by atoms with E-state index in [-0.39, 0.29) is 12.0 Å². The maximum Gasteiger partial charge on any atom is 0.329 e. The van der Waals surface area contributed by atoms with Gasteiger partial charge in [-0.15, -0.1) is 0 Å². The summed E-state index contributed by atoms with van der Waals surface area (Å²) in [5.41, 5.74) is 5.44. The number of fused-ring (bicyclic) bond motifs is 1. The maximum absolute atomic E-state index is 12.5. The van der Waals surface area contributed by atoms with Gasteiger partial charge in [0, 0.05) is 37.2 Å². The van der Waals surface area contributed by atoms with Crippen molar-refractivity contribution in [2.75, 3.05) is 13.2 Å². The van der Waals surface area contributed by atoms with Gasteiger partial charge in [-0.25, -0.2) is 9.59 Å². The highest BCUT2D eigenvalue weighted by atomic mass is 16.5. The summed E-state index contributed by atoms with van der Waals surface area (Å²) in [7, 11) is 0. The van der Waals surface area contributed by atoms with Crippen molar-refractivity contribution in [1.29, 1.82) is 0 Å². The molecule has 1 saturated heterocycles. The largest absolute Gasteiger partial charge is 0.490 e. The number of esters is 1. The van der Waals surface area contributed by atoms with Gasteiger partial charge in [0.25, 0.3) is 0 Å². The number of aromatic nitrogens is 1. The molecule has 1 aliphatic rings. The summed E-state index contributed by atoms with van der Waals surface area (Å²) < 4.78 is 11.4. The van der Waals surface area contributed by atoms with Gasteiger partial charge in [-0.3, -0.25) is 4.98 Å². The lowest BCUT2D eigenvalue weighted by Crippen LogP contribution is -2.54. The van der Waals surface area contributed by atoms with Gasteiger partial charge in [0.1, 0.15) is 17.9 Å². The first-order chi connectivity index (χ1) is 12.9. The van der Waals surface area contributed by atoms with Crippen LogP contribution in [0.5, 0.6) is 5.75 Å². The second kappa shape index (κ2) is 8.24. The number of carbonyl (C=O) groups excluding carboxylic acids is 2. The Morgan fingerprint density at radius 2 is 2.11 bits per heavy atom. The zero-order valence-electron chi connectivity index (χ0n) is 15.6. The van der Waals surface area contributed by atoms with Crippen LogP contribution in [0, 0.1) is 5.92 Å². The van der Waals surface area contributed by atoms with E-state index in [4.69, 9.17) is 15.2 Å². The van der Waals surface area contributed by atoms with Crippen LogP contribution >= 0.6 is 0 Å². The highest BCUT2D eigenvalue weighted by molar-refractivity contribution is 5.84. The fourth-order valence-electron chi connectivity index (χ4n) is 3.20. The van der Waals surface area contributed by atoms with Crippen LogP contribution in [0.1, 0.15) is 26.7 Å². The van der Waals surface area contributed by atoms with E-state index >= 15 is 0 Å². The topological polar surface area (TPSA) is 94.8 Å². The van der Waals surface area contributed by atoms with E-state index in [2.05, 4.69) is 4.98 Å². The summed E-state index contributed by atoms with van der Waals surface area (Å²) in [6, 6.07) is 6.37. The van der Waals surface area contributed by atoms with E-state index in [9.17, 15) is 9.59 Å². The number of nitrogens with zero attached hydrogens (tertiary/aromatic N) is 2. The van der Waals surface area contributed by atoms with Crippen molar-refractivity contribution in [3.8, 4) is 5.75 Å². The number of pyridine rings is 1. The van der Waals surface area contributed by atoms with Crippen LogP contribution in [0.2, 0.25) is 0 Å². The first-order valence-electron chi connectivity index (χ1n) is 9.17. The highest BCUT2D eigenvalue weighted by Gasteiger charge is 2.37. The van der Waals surface area contributed by atoms with Crippen molar-refractivity contribution in [3.63, 3.8) is 0 Å². The highest BCUT2D eigenvalue weighted by Crippen LogP contribution is 2.26. The number of hydrogen-bond donors (Lipinski definition) is 1. The fraction of sp³-hybridized carbons (Fsp3) is 0.450. The van der Waals surface area contributed by atoms with Crippen molar-refractivity contribution in [3.05, 3.63) is 36.7 Å². The van der Waals surface area contributed by atoms with Crippen molar-refractivity contribution in [2.45, 2.75) is 38.8 Å². The van der Waals surface area contributed by atoms with Crippen LogP contribution in [0.3, 0.4) is 0 Å². The second-order valence-corrected chi connectivity index (χ2v) is 7.22. The predicted octanol–water partition coefficient (Wildman–Crippen LogP) is 2.72. The Hall–Kier alpha value is -2.83. The molecule has 7 heteroatoms. The lowest BCUT2D eigenvalue weighted by atomic mass is 9.99. The molecular formula is C20H25N3O4. The number of ether oxygens (including phenoxy) is 2. The van der Waals surface area contributed by atoms with Gasteiger partial charge in [-0.05, 0) is 35.6 Å². The molecule has 1 aromatic carbocycles. The lowest BCUT2D eigenvalue weighted by Gasteiger charge is -2.37. The van der Waals surface area contributed by atoms with E-state index in [1.165, 1.54) is 4.90 Å². The standard InChI is InChI=1S/C20H25N3O4/c1-13(2)12-26-19(24)18-10-17(6-8-23(18)20(21)25)27-16-4-3-15-11-22-7-5-14(15)9-16/h3-5,7,9,11,13,17-18H,6,8,10,12H2,1-2H3,(H2,21,25)/t17-,18-/m0/s1. The fourth-order valence-corrected chi connectivity index (χ4v) is 3.20. The lowest BCUT2D eigenvalue weighted by molar-refractivity contribution is -0.152. The molecule has 0 bridgehead atoms. The van der Waals surface area contributed by atoms with Gasteiger partial charge in [-0.1, -0.05) is 13.8 Å². The number of urea groups is 1. The molecule has 144 valence electrons. The Kier molecular flexibility index (Phi) is 5.78. The second-order valence-electron chi connectivity index (χ2n) is 7.22. The molecule has 2 amide bonds. The van der Waals surface area contributed by atoms with Crippen LogP contribution in [-0.4, -0.2) is 47.2 Å². The number of hydrogen-bond acceptors (Lipinski definition) is 5. The Balaban J connectivity index is 1.70. The third kappa shape index (κ3) is 4.67. The van der Waals surface area contributed by atoms with E-state index in [0.717, 1.165) is 16.5 Å². The van der Waals surface area contributed by atoms with Gasteiger partial charge >= 0.3 is 12.0 Å². The summed E-state index contributed by atoms with van der Waals surface area (Å²) in [5, 5.41) is 2.06. The van der Waals surface area contributed by atoms with Gasteiger partial charge in [0.15, 0.2) is 0 Å². The molecule has 0 radical (unpaired) electrons. The number of benzene rings is 1. The molecule has 1 fully saturated rings. The minimum atomic E-state index is -0.718. The number of likely N-dealkylation sites (tertiary alicyclic amines) is 1. The van der Waals surface area contributed by atoms with Crippen molar-refractivity contribution in [1.82, 2.24) is 9.88 Å². The summed E-state index contributed by atoms with van der Waals surface area (Å²) in [4.78, 5) is 29.6. The number of primary amides is 1. The molecule has 2 N–H and O–H groups in total. The van der Waals surface area contributed by atoms with E-state index in [1.54, 1.807) is 12.4 Å². The quantitative estimate of drug-likeness (QED) is 0.816. The number of carbonyl (C=O) groups is 2. The van der Waals surface area contributed by atoms with Crippen LogP contribution in [0.15, 0.2) is 36.7 Å². The summed E-state index contributed by atoms with van der Waals surface area (Å²) in [6.07, 6.45) is 4.29. The average Bonchev–Trinajstić information content (AvgIpc) is 2.65. The molecule has 0 spiro atoms. The first-order valence-corrected chi connectivity index (χ1v) is 9.17. The van der Waals surface area contributed by atoms with E-state index < -0.39 is 18.0 Å². The third-order valence-electron chi connectivity index (χ3n) is 4.58. The predicted molar refractivity (Wildman–Crippen MR) is 101 cm³/mol. The summed E-state index contributed by atoms with van der Waals surface area (Å²) >= 11 is 0. The van der Waals surface area contributed by atoms with Gasteiger partial charge < -0.3 is 20.1 Å². The Bertz CT molecular complexity index is 824. The molecule has 1 aromatic heterocycles. The molecule has 3 rings (SSSR count). The SMILES string of the molecule is CC(C)COC(=O)[C@@H]1C[C@@H](Oc2ccc3cnccc3c2)CCN1C(N)=O. The minimum Gasteiger partial charge on any atom is -0.490 e. The first kappa shape index (κ1) is 18.9. The van der Waals surface area contributed by atoms with E-state index in [0.29, 0.717) is 26.0 Å².